The van der Waals surface area contributed by atoms with Crippen molar-refractivity contribution in [2.75, 3.05) is 0 Å². The van der Waals surface area contributed by atoms with Crippen molar-refractivity contribution in [3.63, 3.8) is 0 Å². The summed E-state index contributed by atoms with van der Waals surface area (Å²) in [6, 6.07) is 5.71. The first-order valence-corrected chi connectivity index (χ1v) is 6.12. The maximum absolute atomic E-state index is 11.2. The quantitative estimate of drug-likeness (QED) is 0.916. The smallest absolute Gasteiger partial charge is 0.337 e. The van der Waals surface area contributed by atoms with E-state index in [1.165, 1.54) is 6.20 Å². The first-order chi connectivity index (χ1) is 8.02. The van der Waals surface area contributed by atoms with Crippen molar-refractivity contribution in [3.8, 4) is 0 Å². The van der Waals surface area contributed by atoms with Crippen LogP contribution in [-0.4, -0.2) is 16.1 Å². The standard InChI is InChI=1S/C13H12BrNO2/c1-7(2)11-8-4-3-5-10(14)12(8)15-6-9(11)13(16)17/h3-7H,1-2H3,(H,16,17). The molecule has 0 atom stereocenters. The molecule has 3 nitrogen and oxygen atoms in total. The normalized spacial score (nSPS) is 11.1. The zero-order valence-corrected chi connectivity index (χ0v) is 11.2. The van der Waals surface area contributed by atoms with E-state index in [0.717, 1.165) is 20.9 Å². The summed E-state index contributed by atoms with van der Waals surface area (Å²) in [5.41, 5.74) is 1.93. The van der Waals surface area contributed by atoms with Gasteiger partial charge >= 0.3 is 5.97 Å². The average Bonchev–Trinajstić information content (AvgIpc) is 2.27. The number of benzene rings is 1. The molecule has 2 rings (SSSR count). The number of carboxylic acid groups (broad SMARTS) is 1. The van der Waals surface area contributed by atoms with Gasteiger partial charge < -0.3 is 5.11 Å². The Kier molecular flexibility index (Phi) is 3.15. The van der Waals surface area contributed by atoms with Crippen LogP contribution in [0, 0.1) is 0 Å². The van der Waals surface area contributed by atoms with Gasteiger partial charge in [-0.1, -0.05) is 26.0 Å². The summed E-state index contributed by atoms with van der Waals surface area (Å²) in [5.74, 6) is -0.788. The molecule has 1 aromatic carbocycles. The van der Waals surface area contributed by atoms with Crippen LogP contribution in [0.4, 0.5) is 0 Å². The highest BCUT2D eigenvalue weighted by Gasteiger charge is 2.17. The summed E-state index contributed by atoms with van der Waals surface area (Å²) >= 11 is 3.43. The number of halogens is 1. The number of rotatable bonds is 2. The second-order valence-electron chi connectivity index (χ2n) is 4.18. The fourth-order valence-corrected chi connectivity index (χ4v) is 2.47. The second kappa shape index (κ2) is 4.45. The van der Waals surface area contributed by atoms with Crippen molar-refractivity contribution < 1.29 is 9.90 Å². The molecule has 0 radical (unpaired) electrons. The number of carboxylic acids is 1. The van der Waals surface area contributed by atoms with Gasteiger partial charge in [-0.05, 0) is 33.5 Å². The fraction of sp³-hybridized carbons (Fsp3) is 0.231. The predicted molar refractivity (Wildman–Crippen MR) is 70.5 cm³/mol. The molecule has 17 heavy (non-hydrogen) atoms. The monoisotopic (exact) mass is 293 g/mol. The summed E-state index contributed by atoms with van der Waals surface area (Å²) in [4.78, 5) is 15.4. The Bertz CT molecular complexity index is 593. The van der Waals surface area contributed by atoms with Gasteiger partial charge in [0.25, 0.3) is 0 Å². The van der Waals surface area contributed by atoms with E-state index in [4.69, 9.17) is 0 Å². The van der Waals surface area contributed by atoms with Crippen LogP contribution in [0.1, 0.15) is 35.7 Å². The summed E-state index contributed by atoms with van der Waals surface area (Å²) in [7, 11) is 0. The van der Waals surface area contributed by atoms with Gasteiger partial charge in [0.2, 0.25) is 0 Å². The van der Waals surface area contributed by atoms with Crippen LogP contribution in [0.2, 0.25) is 0 Å². The molecule has 1 heterocycles. The first kappa shape index (κ1) is 12.0. The number of para-hydroxylation sites is 1. The first-order valence-electron chi connectivity index (χ1n) is 5.32. The predicted octanol–water partition coefficient (Wildman–Crippen LogP) is 3.82. The largest absolute Gasteiger partial charge is 0.478 e. The molecule has 0 aliphatic heterocycles. The highest BCUT2D eigenvalue weighted by molar-refractivity contribution is 9.10. The Hall–Kier alpha value is -1.42. The lowest BCUT2D eigenvalue weighted by Gasteiger charge is -2.13. The van der Waals surface area contributed by atoms with E-state index in [2.05, 4.69) is 20.9 Å². The maximum atomic E-state index is 11.2. The zero-order chi connectivity index (χ0) is 12.6. The van der Waals surface area contributed by atoms with Crippen LogP contribution in [-0.2, 0) is 0 Å². The molecule has 0 saturated heterocycles. The number of aromatic nitrogens is 1. The van der Waals surface area contributed by atoms with Crippen LogP contribution in [0.3, 0.4) is 0 Å². The van der Waals surface area contributed by atoms with Gasteiger partial charge in [-0.3, -0.25) is 4.98 Å². The highest BCUT2D eigenvalue weighted by atomic mass is 79.9. The van der Waals surface area contributed by atoms with Crippen molar-refractivity contribution in [2.24, 2.45) is 0 Å². The summed E-state index contributed by atoms with van der Waals surface area (Å²) < 4.78 is 0.883. The third-order valence-electron chi connectivity index (χ3n) is 2.70. The third-order valence-corrected chi connectivity index (χ3v) is 3.34. The van der Waals surface area contributed by atoms with Gasteiger partial charge in [-0.15, -0.1) is 0 Å². The van der Waals surface area contributed by atoms with Gasteiger partial charge in [0.1, 0.15) is 0 Å². The second-order valence-corrected chi connectivity index (χ2v) is 5.04. The number of carbonyl (C=O) groups is 1. The van der Waals surface area contributed by atoms with Gasteiger partial charge in [0.15, 0.2) is 0 Å². The number of hydrogen-bond donors (Lipinski definition) is 1. The molecule has 2 aromatic rings. The van der Waals surface area contributed by atoms with Crippen LogP contribution < -0.4 is 0 Å². The van der Waals surface area contributed by atoms with Crippen molar-refractivity contribution in [1.82, 2.24) is 4.98 Å². The van der Waals surface area contributed by atoms with Crippen molar-refractivity contribution in [1.29, 1.82) is 0 Å². The number of nitrogens with zero attached hydrogens (tertiary/aromatic N) is 1. The minimum atomic E-state index is -0.928. The third kappa shape index (κ3) is 2.05. The molecule has 0 unspecified atom stereocenters. The number of pyridine rings is 1. The minimum Gasteiger partial charge on any atom is -0.478 e. The average molecular weight is 294 g/mol. The Morgan fingerprint density at radius 2 is 2.12 bits per heavy atom. The molecule has 0 saturated carbocycles. The molecular formula is C13H12BrNO2. The van der Waals surface area contributed by atoms with E-state index in [0.29, 0.717) is 0 Å². The van der Waals surface area contributed by atoms with E-state index >= 15 is 0 Å². The molecule has 0 fully saturated rings. The van der Waals surface area contributed by atoms with Gasteiger partial charge in [0.05, 0.1) is 11.1 Å². The van der Waals surface area contributed by atoms with Crippen LogP contribution >= 0.6 is 15.9 Å². The Balaban J connectivity index is 2.89. The Morgan fingerprint density at radius 3 is 2.71 bits per heavy atom. The van der Waals surface area contributed by atoms with E-state index in [9.17, 15) is 9.90 Å². The molecule has 1 N–H and O–H groups in total. The minimum absolute atomic E-state index is 0.140. The van der Waals surface area contributed by atoms with E-state index in [1.54, 1.807) is 0 Å². The number of fused-ring (bicyclic) bond motifs is 1. The van der Waals surface area contributed by atoms with Crippen molar-refractivity contribution >= 4 is 32.8 Å². The molecule has 0 aliphatic carbocycles. The Morgan fingerprint density at radius 1 is 1.41 bits per heavy atom. The fourth-order valence-electron chi connectivity index (χ4n) is 2.00. The SMILES string of the molecule is CC(C)c1c(C(=O)O)cnc2c(Br)cccc12. The highest BCUT2D eigenvalue weighted by Crippen LogP contribution is 2.31. The van der Waals surface area contributed by atoms with Crippen LogP contribution in [0.5, 0.6) is 0 Å². The molecule has 0 bridgehead atoms. The van der Waals surface area contributed by atoms with Crippen LogP contribution in [0.15, 0.2) is 28.9 Å². The lowest BCUT2D eigenvalue weighted by atomic mass is 9.94. The molecule has 4 heteroatoms. The summed E-state index contributed by atoms with van der Waals surface area (Å²) in [6.45, 7) is 3.98. The van der Waals surface area contributed by atoms with E-state index in [-0.39, 0.29) is 11.5 Å². The summed E-state index contributed by atoms with van der Waals surface area (Å²) in [6.07, 6.45) is 1.44. The zero-order valence-electron chi connectivity index (χ0n) is 9.57. The molecule has 0 amide bonds. The summed E-state index contributed by atoms with van der Waals surface area (Å²) in [5, 5.41) is 10.1. The molecular weight excluding hydrogens is 282 g/mol. The molecule has 88 valence electrons. The Labute approximate surface area is 108 Å². The lowest BCUT2D eigenvalue weighted by Crippen LogP contribution is -2.06. The van der Waals surface area contributed by atoms with Crippen molar-refractivity contribution in [2.45, 2.75) is 19.8 Å². The van der Waals surface area contributed by atoms with Gasteiger partial charge in [-0.25, -0.2) is 4.79 Å². The van der Waals surface area contributed by atoms with E-state index in [1.807, 2.05) is 32.0 Å². The topological polar surface area (TPSA) is 50.2 Å². The van der Waals surface area contributed by atoms with Crippen LogP contribution in [0.25, 0.3) is 10.9 Å². The maximum Gasteiger partial charge on any atom is 0.337 e. The van der Waals surface area contributed by atoms with Crippen molar-refractivity contribution in [3.05, 3.63) is 40.0 Å². The number of hydrogen-bond acceptors (Lipinski definition) is 2. The van der Waals surface area contributed by atoms with Gasteiger partial charge in [-0.2, -0.15) is 0 Å². The molecule has 0 aliphatic rings. The molecule has 0 spiro atoms. The molecule has 1 aromatic heterocycles. The lowest BCUT2D eigenvalue weighted by molar-refractivity contribution is 0.0695. The number of aromatic carboxylic acids is 1. The van der Waals surface area contributed by atoms with Gasteiger partial charge in [0, 0.05) is 16.1 Å². The van der Waals surface area contributed by atoms with E-state index < -0.39 is 5.97 Å².